The highest BCUT2D eigenvalue weighted by Crippen LogP contribution is 2.29. The number of hydrogen-bond acceptors (Lipinski definition) is 3. The fraction of sp³-hybridized carbons (Fsp3) is 0.438. The maximum atomic E-state index is 12.6. The molecule has 0 aliphatic rings. The largest absolute Gasteiger partial charge is 0.432 e. The fourth-order valence-electron chi connectivity index (χ4n) is 2.17. The molecule has 23 heavy (non-hydrogen) atoms. The topological polar surface area (TPSA) is 60.9 Å². The normalized spacial score (nSPS) is 13.5. The van der Waals surface area contributed by atoms with Gasteiger partial charge in [-0.3, -0.25) is 0 Å². The van der Waals surface area contributed by atoms with E-state index < -0.39 is 18.0 Å². The minimum absolute atomic E-state index is 0.161. The zero-order valence-corrected chi connectivity index (χ0v) is 13.0. The summed E-state index contributed by atoms with van der Waals surface area (Å²) in [6.45, 7) is 4.44. The Balaban J connectivity index is 2.09. The molecule has 126 valence electrons. The Morgan fingerprint density at radius 3 is 2.65 bits per heavy atom. The van der Waals surface area contributed by atoms with Crippen LogP contribution < -0.4 is 5.32 Å². The summed E-state index contributed by atoms with van der Waals surface area (Å²) < 4.78 is 37.8. The van der Waals surface area contributed by atoms with Crippen LogP contribution in [-0.2, 0) is 12.6 Å². The van der Waals surface area contributed by atoms with Gasteiger partial charge in [-0.1, -0.05) is 32.0 Å². The SMILES string of the molecule is CC(C)NC[C@H](O)Cc1cccc(-c2ncc(C(F)(F)F)[nH]2)c1. The van der Waals surface area contributed by atoms with Crippen LogP contribution in [0.25, 0.3) is 11.4 Å². The van der Waals surface area contributed by atoms with Crippen LogP contribution in [-0.4, -0.2) is 33.8 Å². The minimum Gasteiger partial charge on any atom is -0.391 e. The first kappa shape index (κ1) is 17.5. The summed E-state index contributed by atoms with van der Waals surface area (Å²) in [5.74, 6) is 0.161. The van der Waals surface area contributed by atoms with E-state index in [1.807, 2.05) is 19.9 Å². The van der Waals surface area contributed by atoms with Crippen LogP contribution in [0, 0.1) is 0 Å². The number of hydrogen-bond donors (Lipinski definition) is 3. The van der Waals surface area contributed by atoms with Crippen molar-refractivity contribution in [2.75, 3.05) is 6.54 Å². The lowest BCUT2D eigenvalue weighted by Gasteiger charge is -2.14. The predicted molar refractivity (Wildman–Crippen MR) is 81.9 cm³/mol. The second-order valence-corrected chi connectivity index (χ2v) is 5.76. The Labute approximate surface area is 132 Å². The number of nitrogens with zero attached hydrogens (tertiary/aromatic N) is 1. The van der Waals surface area contributed by atoms with Crippen LogP contribution in [0.5, 0.6) is 0 Å². The van der Waals surface area contributed by atoms with E-state index in [1.54, 1.807) is 18.2 Å². The number of alkyl halides is 3. The van der Waals surface area contributed by atoms with Crippen LogP contribution in [0.4, 0.5) is 13.2 Å². The number of halogens is 3. The number of aliphatic hydroxyl groups excluding tert-OH is 1. The molecule has 7 heteroatoms. The van der Waals surface area contributed by atoms with Gasteiger partial charge in [-0.05, 0) is 18.1 Å². The van der Waals surface area contributed by atoms with E-state index in [9.17, 15) is 18.3 Å². The van der Waals surface area contributed by atoms with E-state index in [0.29, 0.717) is 18.5 Å². The predicted octanol–water partition coefficient (Wildman–Crippen LogP) is 3.00. The van der Waals surface area contributed by atoms with Gasteiger partial charge in [-0.2, -0.15) is 13.2 Å². The van der Waals surface area contributed by atoms with E-state index in [-0.39, 0.29) is 11.9 Å². The lowest BCUT2D eigenvalue weighted by Crippen LogP contribution is -2.33. The third-order valence-corrected chi connectivity index (χ3v) is 3.31. The monoisotopic (exact) mass is 327 g/mol. The van der Waals surface area contributed by atoms with Crippen LogP contribution in [0.1, 0.15) is 25.1 Å². The minimum atomic E-state index is -4.44. The Morgan fingerprint density at radius 1 is 1.30 bits per heavy atom. The molecule has 1 heterocycles. The molecule has 2 rings (SSSR count). The van der Waals surface area contributed by atoms with Gasteiger partial charge < -0.3 is 15.4 Å². The maximum absolute atomic E-state index is 12.6. The van der Waals surface area contributed by atoms with Gasteiger partial charge in [0, 0.05) is 18.2 Å². The summed E-state index contributed by atoms with van der Waals surface area (Å²) in [7, 11) is 0. The molecule has 0 saturated heterocycles. The summed E-state index contributed by atoms with van der Waals surface area (Å²) in [5.41, 5.74) is 0.520. The zero-order chi connectivity index (χ0) is 17.0. The van der Waals surface area contributed by atoms with Gasteiger partial charge >= 0.3 is 6.18 Å². The highest BCUT2D eigenvalue weighted by atomic mass is 19.4. The molecule has 0 amide bonds. The van der Waals surface area contributed by atoms with Crippen molar-refractivity contribution in [3.8, 4) is 11.4 Å². The first-order valence-corrected chi connectivity index (χ1v) is 7.38. The number of aromatic amines is 1. The molecule has 0 spiro atoms. The van der Waals surface area contributed by atoms with E-state index in [1.165, 1.54) is 0 Å². The van der Waals surface area contributed by atoms with Crippen molar-refractivity contribution in [1.82, 2.24) is 15.3 Å². The lowest BCUT2D eigenvalue weighted by molar-refractivity contribution is -0.140. The van der Waals surface area contributed by atoms with Gasteiger partial charge in [-0.15, -0.1) is 0 Å². The van der Waals surface area contributed by atoms with E-state index in [4.69, 9.17) is 0 Å². The van der Waals surface area contributed by atoms with E-state index in [2.05, 4.69) is 15.3 Å². The number of aromatic nitrogens is 2. The quantitative estimate of drug-likeness (QED) is 0.764. The van der Waals surface area contributed by atoms with Crippen molar-refractivity contribution >= 4 is 0 Å². The third-order valence-electron chi connectivity index (χ3n) is 3.31. The van der Waals surface area contributed by atoms with Crippen molar-refractivity contribution in [2.45, 2.75) is 38.6 Å². The highest BCUT2D eigenvalue weighted by molar-refractivity contribution is 5.56. The van der Waals surface area contributed by atoms with Crippen molar-refractivity contribution in [3.63, 3.8) is 0 Å². The van der Waals surface area contributed by atoms with Crippen molar-refractivity contribution in [3.05, 3.63) is 41.7 Å². The molecular weight excluding hydrogens is 307 g/mol. The molecule has 0 aliphatic heterocycles. The lowest BCUT2D eigenvalue weighted by atomic mass is 10.0. The second-order valence-electron chi connectivity index (χ2n) is 5.76. The first-order valence-electron chi connectivity index (χ1n) is 7.38. The smallest absolute Gasteiger partial charge is 0.391 e. The van der Waals surface area contributed by atoms with Crippen molar-refractivity contribution < 1.29 is 18.3 Å². The molecule has 1 aromatic carbocycles. The highest BCUT2D eigenvalue weighted by Gasteiger charge is 2.33. The molecule has 3 N–H and O–H groups in total. The molecule has 0 fully saturated rings. The molecule has 4 nitrogen and oxygen atoms in total. The second kappa shape index (κ2) is 7.14. The Hall–Kier alpha value is -1.86. The number of aliphatic hydroxyl groups is 1. The molecule has 1 atom stereocenters. The molecule has 0 saturated carbocycles. The maximum Gasteiger partial charge on any atom is 0.432 e. The van der Waals surface area contributed by atoms with Crippen LogP contribution in [0.3, 0.4) is 0 Å². The van der Waals surface area contributed by atoms with Crippen molar-refractivity contribution in [2.24, 2.45) is 0 Å². The standard InChI is InChI=1S/C16H20F3N3O/c1-10(2)20-8-13(23)7-11-4-3-5-12(6-11)15-21-9-14(22-15)16(17,18)19/h3-6,9-10,13,20,23H,7-8H2,1-2H3,(H,21,22)/t13-/m1/s1. The Kier molecular flexibility index (Phi) is 5.43. The number of imidazole rings is 1. The van der Waals surface area contributed by atoms with Gasteiger partial charge in [0.25, 0.3) is 0 Å². The molecule has 1 aromatic heterocycles. The molecule has 2 aromatic rings. The third kappa shape index (κ3) is 5.07. The average molecular weight is 327 g/mol. The molecule has 0 radical (unpaired) electrons. The number of nitrogens with one attached hydrogen (secondary N) is 2. The Morgan fingerprint density at radius 2 is 2.04 bits per heavy atom. The van der Waals surface area contributed by atoms with E-state index in [0.717, 1.165) is 11.8 Å². The summed E-state index contributed by atoms with van der Waals surface area (Å²) in [5, 5.41) is 13.1. The summed E-state index contributed by atoms with van der Waals surface area (Å²) >= 11 is 0. The van der Waals surface area contributed by atoms with Crippen molar-refractivity contribution in [1.29, 1.82) is 0 Å². The summed E-state index contributed by atoms with van der Waals surface area (Å²) in [6, 6.07) is 7.26. The fourth-order valence-corrected chi connectivity index (χ4v) is 2.17. The number of benzene rings is 1. The summed E-state index contributed by atoms with van der Waals surface area (Å²) in [4.78, 5) is 6.06. The van der Waals surface area contributed by atoms with Gasteiger partial charge in [0.1, 0.15) is 11.5 Å². The first-order chi connectivity index (χ1) is 10.8. The Bertz CT molecular complexity index is 637. The van der Waals surface area contributed by atoms with Crippen LogP contribution in [0.15, 0.2) is 30.5 Å². The summed E-state index contributed by atoms with van der Waals surface area (Å²) in [6.07, 6.45) is -3.80. The van der Waals surface area contributed by atoms with Gasteiger partial charge in [0.2, 0.25) is 0 Å². The molecule has 0 aliphatic carbocycles. The van der Waals surface area contributed by atoms with Gasteiger partial charge in [0.05, 0.1) is 12.3 Å². The number of rotatable bonds is 6. The zero-order valence-electron chi connectivity index (χ0n) is 13.0. The van der Waals surface area contributed by atoms with Gasteiger partial charge in [0.15, 0.2) is 0 Å². The molecular formula is C16H20F3N3O. The molecule has 0 unspecified atom stereocenters. The van der Waals surface area contributed by atoms with Gasteiger partial charge in [-0.25, -0.2) is 4.98 Å². The molecule has 0 bridgehead atoms. The van der Waals surface area contributed by atoms with Crippen LogP contribution in [0.2, 0.25) is 0 Å². The average Bonchev–Trinajstić information content (AvgIpc) is 2.95. The van der Waals surface area contributed by atoms with E-state index >= 15 is 0 Å². The number of H-pyrrole nitrogens is 1. The van der Waals surface area contributed by atoms with Crippen LogP contribution >= 0.6 is 0 Å².